The first-order valence-corrected chi connectivity index (χ1v) is 4.25. The van der Waals surface area contributed by atoms with Gasteiger partial charge in [-0.05, 0) is 26.8 Å². The van der Waals surface area contributed by atoms with Crippen LogP contribution in [0.2, 0.25) is 0 Å². The predicted molar refractivity (Wildman–Crippen MR) is 46.7 cm³/mol. The third-order valence-electron chi connectivity index (χ3n) is 2.50. The monoisotopic (exact) mass is 163 g/mol. The smallest absolute Gasteiger partial charge is 0.0787 e. The molecule has 0 aromatic carbocycles. The van der Waals surface area contributed by atoms with Crippen LogP contribution >= 0.6 is 0 Å². The molecule has 0 aliphatic heterocycles. The Hall–Kier alpha value is -0.960. The van der Waals surface area contributed by atoms with Crippen LogP contribution in [-0.4, -0.2) is 17.0 Å². The molecule has 0 spiro atoms. The molecule has 1 aliphatic rings. The lowest BCUT2D eigenvalue weighted by atomic mass is 10.2. The molecule has 1 fully saturated rings. The Kier molecular flexibility index (Phi) is 1.61. The first kappa shape index (κ1) is 7.68. The van der Waals surface area contributed by atoms with E-state index in [2.05, 4.69) is 15.3 Å². The van der Waals surface area contributed by atoms with Crippen molar-refractivity contribution < 1.29 is 0 Å². The van der Waals surface area contributed by atoms with Crippen molar-refractivity contribution in [3.05, 3.63) is 23.8 Å². The van der Waals surface area contributed by atoms with Gasteiger partial charge in [-0.3, -0.25) is 9.97 Å². The summed E-state index contributed by atoms with van der Waals surface area (Å²) in [6.07, 6.45) is 6.06. The highest BCUT2D eigenvalue weighted by atomic mass is 15.0. The zero-order chi connectivity index (χ0) is 8.60. The van der Waals surface area contributed by atoms with E-state index in [0.717, 1.165) is 11.4 Å². The third kappa shape index (κ3) is 1.10. The van der Waals surface area contributed by atoms with Gasteiger partial charge in [0.15, 0.2) is 0 Å². The van der Waals surface area contributed by atoms with Gasteiger partial charge in [0.25, 0.3) is 0 Å². The van der Waals surface area contributed by atoms with Gasteiger partial charge in [0, 0.05) is 6.20 Å². The molecular formula is C9H13N3. The summed E-state index contributed by atoms with van der Waals surface area (Å²) in [5, 5.41) is 3.29. The van der Waals surface area contributed by atoms with E-state index in [1.54, 1.807) is 0 Å². The number of rotatable bonds is 2. The summed E-state index contributed by atoms with van der Waals surface area (Å²) < 4.78 is 0. The largest absolute Gasteiger partial charge is 0.309 e. The van der Waals surface area contributed by atoms with Crippen molar-refractivity contribution in [3.8, 4) is 0 Å². The second-order valence-corrected chi connectivity index (χ2v) is 3.38. The first-order valence-electron chi connectivity index (χ1n) is 4.25. The number of aromatic nitrogens is 2. The molecule has 12 heavy (non-hydrogen) atoms. The molecule has 0 unspecified atom stereocenters. The van der Waals surface area contributed by atoms with Crippen LogP contribution in [0, 0.1) is 6.92 Å². The number of nitrogens with zero attached hydrogens (tertiary/aromatic N) is 2. The molecule has 3 nitrogen and oxygen atoms in total. The summed E-state index contributed by atoms with van der Waals surface area (Å²) in [6, 6.07) is 0. The van der Waals surface area contributed by atoms with E-state index < -0.39 is 0 Å². The summed E-state index contributed by atoms with van der Waals surface area (Å²) in [7, 11) is 1.98. The fourth-order valence-electron chi connectivity index (χ4n) is 1.40. The van der Waals surface area contributed by atoms with Gasteiger partial charge in [-0.15, -0.1) is 0 Å². The Bertz CT molecular complexity index is 274. The van der Waals surface area contributed by atoms with Crippen molar-refractivity contribution in [2.24, 2.45) is 0 Å². The van der Waals surface area contributed by atoms with E-state index in [-0.39, 0.29) is 5.54 Å². The van der Waals surface area contributed by atoms with E-state index in [1.807, 2.05) is 26.4 Å². The van der Waals surface area contributed by atoms with Crippen molar-refractivity contribution in [1.82, 2.24) is 15.3 Å². The van der Waals surface area contributed by atoms with Crippen molar-refractivity contribution in [2.75, 3.05) is 7.05 Å². The second-order valence-electron chi connectivity index (χ2n) is 3.38. The molecule has 0 saturated heterocycles. The van der Waals surface area contributed by atoms with Crippen LogP contribution in [-0.2, 0) is 5.54 Å². The first-order chi connectivity index (χ1) is 5.77. The Balaban J connectivity index is 2.29. The van der Waals surface area contributed by atoms with Crippen LogP contribution in [0.4, 0.5) is 0 Å². The van der Waals surface area contributed by atoms with Crippen LogP contribution in [0.15, 0.2) is 12.4 Å². The summed E-state index contributed by atoms with van der Waals surface area (Å²) in [4.78, 5) is 8.59. The topological polar surface area (TPSA) is 37.8 Å². The summed E-state index contributed by atoms with van der Waals surface area (Å²) in [5.41, 5.74) is 2.21. The maximum absolute atomic E-state index is 4.36. The van der Waals surface area contributed by atoms with Crippen molar-refractivity contribution in [1.29, 1.82) is 0 Å². The molecule has 0 amide bonds. The lowest BCUT2D eigenvalue weighted by Crippen LogP contribution is -2.25. The van der Waals surface area contributed by atoms with Crippen LogP contribution in [0.5, 0.6) is 0 Å². The molecule has 3 heteroatoms. The zero-order valence-corrected chi connectivity index (χ0v) is 7.46. The van der Waals surface area contributed by atoms with E-state index in [9.17, 15) is 0 Å². The highest BCUT2D eigenvalue weighted by molar-refractivity contribution is 5.20. The Labute approximate surface area is 72.2 Å². The molecule has 0 atom stereocenters. The predicted octanol–water partition coefficient (Wildman–Crippen LogP) is 0.994. The Morgan fingerprint density at radius 1 is 1.33 bits per heavy atom. The van der Waals surface area contributed by atoms with Gasteiger partial charge in [-0.2, -0.15) is 0 Å². The van der Waals surface area contributed by atoms with Gasteiger partial charge < -0.3 is 5.32 Å². The molecule has 1 heterocycles. The zero-order valence-electron chi connectivity index (χ0n) is 7.46. The van der Waals surface area contributed by atoms with Crippen LogP contribution in [0.25, 0.3) is 0 Å². The minimum atomic E-state index is 0.153. The number of hydrogen-bond donors (Lipinski definition) is 1. The summed E-state index contributed by atoms with van der Waals surface area (Å²) >= 11 is 0. The molecule has 2 rings (SSSR count). The maximum Gasteiger partial charge on any atom is 0.0787 e. The third-order valence-corrected chi connectivity index (χ3v) is 2.50. The van der Waals surface area contributed by atoms with Crippen LogP contribution in [0.1, 0.15) is 24.2 Å². The lowest BCUT2D eigenvalue weighted by Gasteiger charge is -2.12. The Morgan fingerprint density at radius 2 is 2.08 bits per heavy atom. The fourth-order valence-corrected chi connectivity index (χ4v) is 1.40. The summed E-state index contributed by atoms with van der Waals surface area (Å²) in [5.74, 6) is 0. The molecule has 1 aromatic rings. The number of nitrogens with one attached hydrogen (secondary N) is 1. The highest BCUT2D eigenvalue weighted by Crippen LogP contribution is 2.43. The quantitative estimate of drug-likeness (QED) is 0.706. The van der Waals surface area contributed by atoms with E-state index in [1.165, 1.54) is 12.8 Å². The second kappa shape index (κ2) is 2.52. The number of hydrogen-bond acceptors (Lipinski definition) is 3. The minimum absolute atomic E-state index is 0.153. The SMILES string of the molecule is CNC1(c2cnc(C)cn2)CC1. The summed E-state index contributed by atoms with van der Waals surface area (Å²) in [6.45, 7) is 1.95. The van der Waals surface area contributed by atoms with Gasteiger partial charge in [0.1, 0.15) is 0 Å². The molecule has 0 radical (unpaired) electrons. The van der Waals surface area contributed by atoms with Gasteiger partial charge in [0.05, 0.1) is 23.1 Å². The molecule has 1 aromatic heterocycles. The van der Waals surface area contributed by atoms with E-state index in [4.69, 9.17) is 0 Å². The molecular weight excluding hydrogens is 150 g/mol. The van der Waals surface area contributed by atoms with Crippen molar-refractivity contribution in [3.63, 3.8) is 0 Å². The standard InChI is InChI=1S/C9H13N3/c1-7-5-12-8(6-11-7)9(10-2)3-4-9/h5-6,10H,3-4H2,1-2H3. The lowest BCUT2D eigenvalue weighted by molar-refractivity contribution is 0.564. The van der Waals surface area contributed by atoms with Gasteiger partial charge in [0.2, 0.25) is 0 Å². The van der Waals surface area contributed by atoms with Crippen molar-refractivity contribution >= 4 is 0 Å². The average Bonchev–Trinajstić information content (AvgIpc) is 2.86. The average molecular weight is 163 g/mol. The molecule has 64 valence electrons. The van der Waals surface area contributed by atoms with Gasteiger partial charge in [-0.25, -0.2) is 0 Å². The van der Waals surface area contributed by atoms with E-state index in [0.29, 0.717) is 0 Å². The Morgan fingerprint density at radius 3 is 2.50 bits per heavy atom. The molecule has 1 N–H and O–H groups in total. The molecule has 0 bridgehead atoms. The highest BCUT2D eigenvalue weighted by Gasteiger charge is 2.44. The maximum atomic E-state index is 4.36. The van der Waals surface area contributed by atoms with Gasteiger partial charge in [-0.1, -0.05) is 0 Å². The van der Waals surface area contributed by atoms with Crippen LogP contribution < -0.4 is 5.32 Å². The molecule has 1 saturated carbocycles. The fraction of sp³-hybridized carbons (Fsp3) is 0.556. The van der Waals surface area contributed by atoms with Crippen molar-refractivity contribution in [2.45, 2.75) is 25.3 Å². The minimum Gasteiger partial charge on any atom is -0.309 e. The normalized spacial score (nSPS) is 19.2. The number of aryl methyl sites for hydroxylation is 1. The molecule has 1 aliphatic carbocycles. The van der Waals surface area contributed by atoms with Crippen LogP contribution in [0.3, 0.4) is 0 Å². The van der Waals surface area contributed by atoms with Gasteiger partial charge >= 0.3 is 0 Å². The van der Waals surface area contributed by atoms with E-state index >= 15 is 0 Å².